The third kappa shape index (κ3) is 2.76. The summed E-state index contributed by atoms with van der Waals surface area (Å²) in [4.78, 5) is 4.15. The van der Waals surface area contributed by atoms with Crippen molar-refractivity contribution in [3.8, 4) is 0 Å². The SMILES string of the molecule is Cc1noc(CNCc2ccc(C3CC3)cc2)n1. The molecule has 0 spiro atoms. The third-order valence-corrected chi connectivity index (χ3v) is 3.20. The van der Waals surface area contributed by atoms with E-state index in [9.17, 15) is 0 Å². The largest absolute Gasteiger partial charge is 0.338 e. The van der Waals surface area contributed by atoms with E-state index in [0.29, 0.717) is 18.3 Å². The smallest absolute Gasteiger partial charge is 0.240 e. The molecule has 1 aromatic heterocycles. The van der Waals surface area contributed by atoms with Crippen molar-refractivity contribution in [2.75, 3.05) is 0 Å². The number of nitrogens with one attached hydrogen (secondary N) is 1. The lowest BCUT2D eigenvalue weighted by molar-refractivity contribution is 0.364. The van der Waals surface area contributed by atoms with Gasteiger partial charge in [0.15, 0.2) is 5.82 Å². The normalized spacial score (nSPS) is 14.9. The van der Waals surface area contributed by atoms with Gasteiger partial charge in [-0.3, -0.25) is 0 Å². The van der Waals surface area contributed by atoms with Crippen molar-refractivity contribution in [3.63, 3.8) is 0 Å². The summed E-state index contributed by atoms with van der Waals surface area (Å²) in [5.41, 5.74) is 2.77. The van der Waals surface area contributed by atoms with Crippen LogP contribution in [0.3, 0.4) is 0 Å². The molecule has 3 rings (SSSR count). The van der Waals surface area contributed by atoms with Crippen LogP contribution >= 0.6 is 0 Å². The van der Waals surface area contributed by atoms with Crippen LogP contribution in [0.5, 0.6) is 0 Å². The molecule has 0 aliphatic heterocycles. The van der Waals surface area contributed by atoms with E-state index < -0.39 is 0 Å². The van der Waals surface area contributed by atoms with E-state index in [1.54, 1.807) is 0 Å². The number of rotatable bonds is 5. The maximum Gasteiger partial charge on any atom is 0.240 e. The number of benzene rings is 1. The van der Waals surface area contributed by atoms with Crippen LogP contribution in [0.4, 0.5) is 0 Å². The highest BCUT2D eigenvalue weighted by Crippen LogP contribution is 2.39. The van der Waals surface area contributed by atoms with Crippen LogP contribution in [-0.4, -0.2) is 10.1 Å². The van der Waals surface area contributed by atoms with E-state index in [4.69, 9.17) is 4.52 Å². The summed E-state index contributed by atoms with van der Waals surface area (Å²) in [5, 5.41) is 7.05. The third-order valence-electron chi connectivity index (χ3n) is 3.20. The first kappa shape index (κ1) is 11.4. The maximum absolute atomic E-state index is 5.04. The average molecular weight is 243 g/mol. The van der Waals surface area contributed by atoms with Gasteiger partial charge in [-0.15, -0.1) is 0 Å². The van der Waals surface area contributed by atoms with Gasteiger partial charge in [0.25, 0.3) is 0 Å². The number of aromatic nitrogens is 2. The first-order valence-electron chi connectivity index (χ1n) is 6.40. The molecule has 1 aliphatic carbocycles. The Labute approximate surface area is 106 Å². The molecule has 0 radical (unpaired) electrons. The lowest BCUT2D eigenvalue weighted by Gasteiger charge is -2.03. The fraction of sp³-hybridized carbons (Fsp3) is 0.429. The summed E-state index contributed by atoms with van der Waals surface area (Å²) in [6.45, 7) is 3.27. The van der Waals surface area contributed by atoms with E-state index in [0.717, 1.165) is 12.5 Å². The van der Waals surface area contributed by atoms with Crippen LogP contribution in [0.1, 0.15) is 41.6 Å². The number of aryl methyl sites for hydroxylation is 1. The van der Waals surface area contributed by atoms with Crippen molar-refractivity contribution in [1.29, 1.82) is 0 Å². The predicted molar refractivity (Wildman–Crippen MR) is 68.0 cm³/mol. The molecule has 1 heterocycles. The molecule has 0 unspecified atom stereocenters. The van der Waals surface area contributed by atoms with E-state index in [1.165, 1.54) is 24.0 Å². The van der Waals surface area contributed by atoms with Crippen molar-refractivity contribution >= 4 is 0 Å². The van der Waals surface area contributed by atoms with Crippen molar-refractivity contribution < 1.29 is 4.52 Å². The van der Waals surface area contributed by atoms with Gasteiger partial charge >= 0.3 is 0 Å². The second-order valence-corrected chi connectivity index (χ2v) is 4.85. The molecular formula is C14H17N3O. The maximum atomic E-state index is 5.04. The minimum atomic E-state index is 0.616. The Morgan fingerprint density at radius 1 is 1.22 bits per heavy atom. The van der Waals surface area contributed by atoms with Gasteiger partial charge in [0.2, 0.25) is 5.89 Å². The minimum absolute atomic E-state index is 0.616. The highest BCUT2D eigenvalue weighted by atomic mass is 16.5. The van der Waals surface area contributed by atoms with Crippen LogP contribution in [0, 0.1) is 6.92 Å². The molecule has 1 aliphatic rings. The van der Waals surface area contributed by atoms with Crippen molar-refractivity contribution in [1.82, 2.24) is 15.5 Å². The topological polar surface area (TPSA) is 51.0 Å². The van der Waals surface area contributed by atoms with E-state index in [2.05, 4.69) is 39.7 Å². The zero-order valence-electron chi connectivity index (χ0n) is 10.5. The standard InChI is InChI=1S/C14H17N3O/c1-10-16-14(18-17-10)9-15-8-11-2-4-12(5-3-11)13-6-7-13/h2-5,13,15H,6-9H2,1H3. The lowest BCUT2D eigenvalue weighted by Crippen LogP contribution is -2.12. The van der Waals surface area contributed by atoms with Crippen molar-refractivity contribution in [2.24, 2.45) is 0 Å². The van der Waals surface area contributed by atoms with Crippen LogP contribution < -0.4 is 5.32 Å². The van der Waals surface area contributed by atoms with Crippen molar-refractivity contribution in [2.45, 2.75) is 38.8 Å². The van der Waals surface area contributed by atoms with Crippen LogP contribution in [0.15, 0.2) is 28.8 Å². The second-order valence-electron chi connectivity index (χ2n) is 4.85. The van der Waals surface area contributed by atoms with Crippen LogP contribution in [-0.2, 0) is 13.1 Å². The summed E-state index contributed by atoms with van der Waals surface area (Å²) in [6.07, 6.45) is 2.71. The zero-order chi connectivity index (χ0) is 12.4. The Bertz CT molecular complexity index is 514. The van der Waals surface area contributed by atoms with Gasteiger partial charge in [0.05, 0.1) is 6.54 Å². The van der Waals surface area contributed by atoms with E-state index in [1.807, 2.05) is 6.92 Å². The van der Waals surface area contributed by atoms with Gasteiger partial charge in [-0.05, 0) is 36.8 Å². The van der Waals surface area contributed by atoms with Gasteiger partial charge in [-0.1, -0.05) is 29.4 Å². The molecule has 2 aromatic rings. The molecule has 0 atom stereocenters. The predicted octanol–water partition coefficient (Wildman–Crippen LogP) is 2.55. The summed E-state index contributed by atoms with van der Waals surface area (Å²) in [7, 11) is 0. The number of hydrogen-bond acceptors (Lipinski definition) is 4. The number of nitrogens with zero attached hydrogens (tertiary/aromatic N) is 2. The highest BCUT2D eigenvalue weighted by Gasteiger charge is 2.22. The Hall–Kier alpha value is -1.68. The van der Waals surface area contributed by atoms with Crippen molar-refractivity contribution in [3.05, 3.63) is 47.1 Å². The molecule has 1 fully saturated rings. The Balaban J connectivity index is 1.50. The molecule has 4 heteroatoms. The van der Waals surface area contributed by atoms with Crippen LogP contribution in [0.2, 0.25) is 0 Å². The number of hydrogen-bond donors (Lipinski definition) is 1. The summed E-state index contributed by atoms with van der Waals surface area (Å²) in [6, 6.07) is 8.87. The molecule has 1 N–H and O–H groups in total. The van der Waals surface area contributed by atoms with E-state index >= 15 is 0 Å². The fourth-order valence-electron chi connectivity index (χ4n) is 2.05. The lowest BCUT2D eigenvalue weighted by atomic mass is 10.1. The van der Waals surface area contributed by atoms with E-state index in [-0.39, 0.29) is 0 Å². The average Bonchev–Trinajstić information content (AvgIpc) is 3.15. The van der Waals surface area contributed by atoms with Crippen LogP contribution in [0.25, 0.3) is 0 Å². The Morgan fingerprint density at radius 3 is 2.61 bits per heavy atom. The van der Waals surface area contributed by atoms with Gasteiger partial charge in [-0.25, -0.2) is 0 Å². The van der Waals surface area contributed by atoms with Gasteiger partial charge < -0.3 is 9.84 Å². The molecule has 4 nitrogen and oxygen atoms in total. The first-order valence-corrected chi connectivity index (χ1v) is 6.40. The Morgan fingerprint density at radius 2 is 2.00 bits per heavy atom. The Kier molecular flexibility index (Phi) is 3.11. The molecule has 0 saturated heterocycles. The molecule has 1 saturated carbocycles. The first-order chi connectivity index (χ1) is 8.81. The molecule has 18 heavy (non-hydrogen) atoms. The fourth-order valence-corrected chi connectivity index (χ4v) is 2.05. The van der Waals surface area contributed by atoms with Gasteiger partial charge in [0, 0.05) is 6.54 Å². The van der Waals surface area contributed by atoms with Gasteiger partial charge in [0.1, 0.15) is 0 Å². The summed E-state index contributed by atoms with van der Waals surface area (Å²) in [5.74, 6) is 2.15. The second kappa shape index (κ2) is 4.90. The summed E-state index contributed by atoms with van der Waals surface area (Å²) < 4.78 is 5.04. The molecule has 0 amide bonds. The molecule has 1 aromatic carbocycles. The quantitative estimate of drug-likeness (QED) is 0.876. The summed E-state index contributed by atoms with van der Waals surface area (Å²) >= 11 is 0. The van der Waals surface area contributed by atoms with Gasteiger partial charge in [-0.2, -0.15) is 4.98 Å². The zero-order valence-corrected chi connectivity index (χ0v) is 10.5. The monoisotopic (exact) mass is 243 g/mol. The highest BCUT2D eigenvalue weighted by molar-refractivity contribution is 5.27. The minimum Gasteiger partial charge on any atom is -0.338 e. The molecule has 0 bridgehead atoms. The molecular weight excluding hydrogens is 226 g/mol. The molecule has 94 valence electrons.